The lowest BCUT2D eigenvalue weighted by Gasteiger charge is -2.43. The zero-order chi connectivity index (χ0) is 12.9. The summed E-state index contributed by atoms with van der Waals surface area (Å²) < 4.78 is 23.9. The molecule has 1 aliphatic carbocycles. The summed E-state index contributed by atoms with van der Waals surface area (Å²) in [7, 11) is -2.91. The van der Waals surface area contributed by atoms with E-state index in [9.17, 15) is 8.42 Å². The molecule has 3 aliphatic rings. The molecule has 5 heteroatoms. The van der Waals surface area contributed by atoms with E-state index in [0.717, 1.165) is 32.1 Å². The number of hydrogen-bond donors (Lipinski definition) is 1. The summed E-state index contributed by atoms with van der Waals surface area (Å²) in [5.41, 5.74) is 6.09. The van der Waals surface area contributed by atoms with Crippen LogP contribution in [0.4, 0.5) is 0 Å². The third kappa shape index (κ3) is 2.10. The SMILES string of the molecule is CS(=O)(=O)C1CCCC1N1C2CCC1CC(N)C2. The van der Waals surface area contributed by atoms with E-state index >= 15 is 0 Å². The molecule has 4 atom stereocenters. The van der Waals surface area contributed by atoms with E-state index in [1.807, 2.05) is 0 Å². The topological polar surface area (TPSA) is 63.4 Å². The number of fused-ring (bicyclic) bond motifs is 2. The molecule has 4 unspecified atom stereocenters. The minimum Gasteiger partial charge on any atom is -0.328 e. The molecular formula is C13H24N2O2S. The molecule has 104 valence electrons. The first-order valence-electron chi connectivity index (χ1n) is 7.18. The highest BCUT2D eigenvalue weighted by Gasteiger charge is 2.48. The molecule has 4 nitrogen and oxygen atoms in total. The molecule has 0 spiro atoms. The van der Waals surface area contributed by atoms with Gasteiger partial charge in [-0.05, 0) is 38.5 Å². The third-order valence-electron chi connectivity index (χ3n) is 5.18. The molecule has 3 rings (SSSR count). The van der Waals surface area contributed by atoms with Crippen LogP contribution in [-0.2, 0) is 9.84 Å². The third-order valence-corrected chi connectivity index (χ3v) is 6.83. The van der Waals surface area contributed by atoms with Crippen LogP contribution < -0.4 is 5.73 Å². The molecule has 2 N–H and O–H groups in total. The van der Waals surface area contributed by atoms with Crippen molar-refractivity contribution in [3.05, 3.63) is 0 Å². The van der Waals surface area contributed by atoms with E-state index in [-0.39, 0.29) is 11.3 Å². The van der Waals surface area contributed by atoms with Crippen LogP contribution in [0.15, 0.2) is 0 Å². The van der Waals surface area contributed by atoms with E-state index in [1.54, 1.807) is 0 Å². The molecule has 0 radical (unpaired) electrons. The summed E-state index contributed by atoms with van der Waals surface area (Å²) in [5, 5.41) is -0.130. The Hall–Kier alpha value is -0.130. The number of nitrogens with zero attached hydrogens (tertiary/aromatic N) is 1. The van der Waals surface area contributed by atoms with E-state index < -0.39 is 9.84 Å². The number of nitrogens with two attached hydrogens (primary N) is 1. The van der Waals surface area contributed by atoms with Crippen LogP contribution in [0.2, 0.25) is 0 Å². The van der Waals surface area contributed by atoms with Crippen molar-refractivity contribution in [3.8, 4) is 0 Å². The predicted molar refractivity (Wildman–Crippen MR) is 72.1 cm³/mol. The van der Waals surface area contributed by atoms with Gasteiger partial charge in [0, 0.05) is 30.4 Å². The number of sulfone groups is 1. The van der Waals surface area contributed by atoms with E-state index in [0.29, 0.717) is 18.1 Å². The molecule has 1 saturated carbocycles. The van der Waals surface area contributed by atoms with Crippen molar-refractivity contribution in [2.24, 2.45) is 5.73 Å². The minimum atomic E-state index is -2.91. The highest BCUT2D eigenvalue weighted by molar-refractivity contribution is 7.91. The van der Waals surface area contributed by atoms with Crippen molar-refractivity contribution in [2.75, 3.05) is 6.26 Å². The number of rotatable bonds is 2. The zero-order valence-corrected chi connectivity index (χ0v) is 11.9. The van der Waals surface area contributed by atoms with Gasteiger partial charge in [0.2, 0.25) is 0 Å². The van der Waals surface area contributed by atoms with Crippen molar-refractivity contribution in [3.63, 3.8) is 0 Å². The second-order valence-electron chi connectivity index (χ2n) is 6.43. The van der Waals surface area contributed by atoms with Gasteiger partial charge in [0.1, 0.15) is 0 Å². The van der Waals surface area contributed by atoms with Gasteiger partial charge in [0.15, 0.2) is 9.84 Å². The van der Waals surface area contributed by atoms with E-state index in [1.165, 1.54) is 19.1 Å². The Labute approximate surface area is 110 Å². The summed E-state index contributed by atoms with van der Waals surface area (Å²) in [6.07, 6.45) is 8.92. The molecule has 0 aromatic rings. The quantitative estimate of drug-likeness (QED) is 0.811. The van der Waals surface area contributed by atoms with Crippen LogP contribution in [0, 0.1) is 0 Å². The Morgan fingerprint density at radius 3 is 2.22 bits per heavy atom. The summed E-state index contributed by atoms with van der Waals surface area (Å²) in [6.45, 7) is 0. The normalized spacial score (nSPS) is 45.6. The van der Waals surface area contributed by atoms with Gasteiger partial charge in [-0.2, -0.15) is 0 Å². The van der Waals surface area contributed by atoms with Crippen molar-refractivity contribution < 1.29 is 8.42 Å². The first-order valence-corrected chi connectivity index (χ1v) is 9.14. The van der Waals surface area contributed by atoms with Crippen LogP contribution in [-0.4, -0.2) is 49.0 Å². The average Bonchev–Trinajstić information content (AvgIpc) is 2.80. The Morgan fingerprint density at radius 2 is 1.67 bits per heavy atom. The summed E-state index contributed by atoms with van der Waals surface area (Å²) in [6, 6.07) is 1.69. The van der Waals surface area contributed by atoms with Crippen molar-refractivity contribution in [2.45, 2.75) is 74.4 Å². The second kappa shape index (κ2) is 4.46. The van der Waals surface area contributed by atoms with Gasteiger partial charge in [0.05, 0.1) is 5.25 Å². The smallest absolute Gasteiger partial charge is 0.151 e. The molecule has 18 heavy (non-hydrogen) atoms. The van der Waals surface area contributed by atoms with E-state index in [2.05, 4.69) is 4.90 Å². The number of hydrogen-bond acceptors (Lipinski definition) is 4. The maximum absolute atomic E-state index is 11.9. The fraction of sp³-hybridized carbons (Fsp3) is 1.00. The van der Waals surface area contributed by atoms with Gasteiger partial charge in [-0.25, -0.2) is 8.42 Å². The Morgan fingerprint density at radius 1 is 1.06 bits per heavy atom. The minimum absolute atomic E-state index is 0.130. The van der Waals surface area contributed by atoms with Crippen LogP contribution >= 0.6 is 0 Å². The average molecular weight is 272 g/mol. The lowest BCUT2D eigenvalue weighted by Crippen LogP contribution is -2.55. The van der Waals surface area contributed by atoms with Crippen LogP contribution in [0.3, 0.4) is 0 Å². The predicted octanol–water partition coefficient (Wildman–Crippen LogP) is 0.906. The zero-order valence-electron chi connectivity index (χ0n) is 11.1. The van der Waals surface area contributed by atoms with Gasteiger partial charge in [-0.3, -0.25) is 4.90 Å². The first-order chi connectivity index (χ1) is 8.47. The largest absolute Gasteiger partial charge is 0.328 e. The summed E-state index contributed by atoms with van der Waals surface area (Å²) >= 11 is 0. The van der Waals surface area contributed by atoms with Crippen LogP contribution in [0.1, 0.15) is 44.9 Å². The van der Waals surface area contributed by atoms with E-state index in [4.69, 9.17) is 5.73 Å². The Kier molecular flexibility index (Phi) is 3.19. The maximum atomic E-state index is 11.9. The Balaban J connectivity index is 1.83. The highest BCUT2D eigenvalue weighted by Crippen LogP contribution is 2.42. The summed E-state index contributed by atoms with van der Waals surface area (Å²) in [5.74, 6) is 0. The first kappa shape index (κ1) is 12.9. The molecule has 2 bridgehead atoms. The second-order valence-corrected chi connectivity index (χ2v) is 8.69. The van der Waals surface area contributed by atoms with Gasteiger partial charge in [-0.1, -0.05) is 6.42 Å². The van der Waals surface area contributed by atoms with Crippen molar-refractivity contribution >= 4 is 9.84 Å². The molecule has 3 fully saturated rings. The fourth-order valence-electron chi connectivity index (χ4n) is 4.54. The standard InChI is InChI=1S/C13H24N2O2S/c1-18(16,17)13-4-2-3-12(13)15-10-5-6-11(15)8-9(14)7-10/h9-13H,2-8,14H2,1H3. The molecule has 0 aromatic heterocycles. The lowest BCUT2D eigenvalue weighted by molar-refractivity contribution is 0.0813. The fourth-order valence-corrected chi connectivity index (χ4v) is 5.99. The van der Waals surface area contributed by atoms with Crippen molar-refractivity contribution in [1.82, 2.24) is 4.90 Å². The van der Waals surface area contributed by atoms with Gasteiger partial charge < -0.3 is 5.73 Å². The highest BCUT2D eigenvalue weighted by atomic mass is 32.2. The molecule has 2 saturated heterocycles. The molecule has 0 aromatic carbocycles. The molecular weight excluding hydrogens is 248 g/mol. The van der Waals surface area contributed by atoms with Crippen LogP contribution in [0.5, 0.6) is 0 Å². The molecule has 2 aliphatic heterocycles. The monoisotopic (exact) mass is 272 g/mol. The van der Waals surface area contributed by atoms with Gasteiger partial charge >= 0.3 is 0 Å². The van der Waals surface area contributed by atoms with Gasteiger partial charge in [0.25, 0.3) is 0 Å². The van der Waals surface area contributed by atoms with Gasteiger partial charge in [-0.15, -0.1) is 0 Å². The Bertz CT molecular complexity index is 409. The summed E-state index contributed by atoms with van der Waals surface area (Å²) in [4.78, 5) is 2.54. The number of piperidine rings is 1. The van der Waals surface area contributed by atoms with Crippen LogP contribution in [0.25, 0.3) is 0 Å². The lowest BCUT2D eigenvalue weighted by atomic mass is 9.95. The molecule has 2 heterocycles. The maximum Gasteiger partial charge on any atom is 0.151 e. The van der Waals surface area contributed by atoms with Crippen molar-refractivity contribution in [1.29, 1.82) is 0 Å². The molecule has 0 amide bonds.